The average molecular weight is 279 g/mol. The van der Waals surface area contributed by atoms with Crippen LogP contribution in [0, 0.1) is 0 Å². The van der Waals surface area contributed by atoms with Gasteiger partial charge < -0.3 is 14.4 Å². The number of hydrogen-bond acceptors (Lipinski definition) is 4. The number of ether oxygens (including phenoxy) is 2. The number of hydrogen-bond donors (Lipinski definition) is 0. The Morgan fingerprint density at radius 2 is 1.75 bits per heavy atom. The molecule has 0 N–H and O–H groups in total. The van der Waals surface area contributed by atoms with E-state index in [1.54, 1.807) is 19.1 Å². The van der Waals surface area contributed by atoms with E-state index in [-0.39, 0.29) is 5.97 Å². The molecule has 0 amide bonds. The third-order valence-corrected chi connectivity index (χ3v) is 3.18. The second kappa shape index (κ2) is 9.50. The Balaban J connectivity index is 2.33. The predicted molar refractivity (Wildman–Crippen MR) is 79.8 cm³/mol. The number of benzene rings is 1. The van der Waals surface area contributed by atoms with Gasteiger partial charge in [0.05, 0.1) is 25.4 Å². The highest BCUT2D eigenvalue weighted by molar-refractivity contribution is 5.89. The van der Waals surface area contributed by atoms with Crippen molar-refractivity contribution < 1.29 is 14.3 Å². The molecule has 0 bridgehead atoms. The molecule has 1 aromatic rings. The maximum Gasteiger partial charge on any atom is 0.338 e. The van der Waals surface area contributed by atoms with Gasteiger partial charge in [0.25, 0.3) is 0 Å². The molecule has 112 valence electrons. The Kier molecular flexibility index (Phi) is 7.92. The lowest BCUT2D eigenvalue weighted by Gasteiger charge is -2.17. The van der Waals surface area contributed by atoms with Gasteiger partial charge in [-0.2, -0.15) is 0 Å². The van der Waals surface area contributed by atoms with Crippen LogP contribution in [0.4, 0.5) is 0 Å². The van der Waals surface area contributed by atoms with Crippen LogP contribution in [-0.2, 0) is 16.1 Å². The van der Waals surface area contributed by atoms with E-state index in [2.05, 4.69) is 18.7 Å². The first-order chi connectivity index (χ1) is 9.71. The summed E-state index contributed by atoms with van der Waals surface area (Å²) in [5.74, 6) is -0.276. The molecular weight excluding hydrogens is 254 g/mol. The van der Waals surface area contributed by atoms with Gasteiger partial charge in [0.1, 0.15) is 0 Å². The Labute approximate surface area is 121 Å². The van der Waals surface area contributed by atoms with Crippen molar-refractivity contribution in [2.75, 3.05) is 32.8 Å². The molecule has 0 aromatic heterocycles. The molecule has 0 spiro atoms. The molecule has 4 nitrogen and oxygen atoms in total. The lowest BCUT2D eigenvalue weighted by Crippen LogP contribution is -2.26. The lowest BCUT2D eigenvalue weighted by molar-refractivity contribution is 0.0526. The van der Waals surface area contributed by atoms with Crippen LogP contribution in [0.3, 0.4) is 0 Å². The van der Waals surface area contributed by atoms with Crippen molar-refractivity contribution in [3.63, 3.8) is 0 Å². The third kappa shape index (κ3) is 5.72. The fourth-order valence-corrected chi connectivity index (χ4v) is 1.87. The number of carbonyl (C=O) groups is 1. The molecule has 0 aliphatic carbocycles. The van der Waals surface area contributed by atoms with Crippen LogP contribution >= 0.6 is 0 Å². The summed E-state index contributed by atoms with van der Waals surface area (Å²) in [5.41, 5.74) is 1.65. The molecule has 0 unspecified atom stereocenters. The van der Waals surface area contributed by atoms with E-state index in [9.17, 15) is 4.79 Å². The fraction of sp³-hybridized carbons (Fsp3) is 0.562. The third-order valence-electron chi connectivity index (χ3n) is 3.18. The van der Waals surface area contributed by atoms with Crippen molar-refractivity contribution in [3.8, 4) is 0 Å². The highest BCUT2D eigenvalue weighted by Gasteiger charge is 2.05. The maximum absolute atomic E-state index is 11.5. The van der Waals surface area contributed by atoms with Crippen molar-refractivity contribution in [2.24, 2.45) is 0 Å². The monoisotopic (exact) mass is 279 g/mol. The highest BCUT2D eigenvalue weighted by atomic mass is 16.5. The van der Waals surface area contributed by atoms with Crippen molar-refractivity contribution in [1.29, 1.82) is 0 Å². The molecule has 1 aromatic carbocycles. The zero-order valence-corrected chi connectivity index (χ0v) is 12.7. The minimum atomic E-state index is -0.276. The molecule has 1 rings (SSSR count). The van der Waals surface area contributed by atoms with Gasteiger partial charge in [0.15, 0.2) is 0 Å². The van der Waals surface area contributed by atoms with Gasteiger partial charge in [-0.3, -0.25) is 0 Å². The van der Waals surface area contributed by atoms with Crippen LogP contribution in [0.15, 0.2) is 24.3 Å². The van der Waals surface area contributed by atoms with Gasteiger partial charge in [-0.1, -0.05) is 26.0 Å². The molecule has 0 atom stereocenters. The van der Waals surface area contributed by atoms with Crippen molar-refractivity contribution in [2.45, 2.75) is 27.4 Å². The summed E-state index contributed by atoms with van der Waals surface area (Å²) in [6.07, 6.45) is 0. The second-order valence-corrected chi connectivity index (χ2v) is 4.50. The summed E-state index contributed by atoms with van der Waals surface area (Å²) in [6, 6.07) is 7.37. The molecule has 0 saturated carbocycles. The normalized spacial score (nSPS) is 10.8. The van der Waals surface area contributed by atoms with Gasteiger partial charge in [0.2, 0.25) is 0 Å². The first kappa shape index (κ1) is 16.7. The van der Waals surface area contributed by atoms with E-state index in [0.717, 1.165) is 31.8 Å². The molecular formula is C16H25NO3. The highest BCUT2D eigenvalue weighted by Crippen LogP contribution is 2.07. The number of carbonyl (C=O) groups excluding carboxylic acids is 1. The summed E-state index contributed by atoms with van der Waals surface area (Å²) in [6.45, 7) is 10.8. The summed E-state index contributed by atoms with van der Waals surface area (Å²) in [4.78, 5) is 13.8. The Morgan fingerprint density at radius 1 is 1.10 bits per heavy atom. The maximum atomic E-state index is 11.5. The van der Waals surface area contributed by atoms with Crippen LogP contribution in [0.1, 0.15) is 36.7 Å². The van der Waals surface area contributed by atoms with Gasteiger partial charge in [-0.25, -0.2) is 4.79 Å². The quantitative estimate of drug-likeness (QED) is 0.514. The van der Waals surface area contributed by atoms with Crippen LogP contribution in [0.2, 0.25) is 0 Å². The van der Waals surface area contributed by atoms with Crippen LogP contribution in [0.5, 0.6) is 0 Å². The minimum absolute atomic E-state index is 0.276. The zero-order valence-electron chi connectivity index (χ0n) is 12.7. The Morgan fingerprint density at radius 3 is 2.30 bits per heavy atom. The topological polar surface area (TPSA) is 38.8 Å². The number of esters is 1. The number of nitrogens with zero attached hydrogens (tertiary/aromatic N) is 1. The standard InChI is InChI=1S/C16H25NO3/c1-4-17(5-2)11-12-19-13-14-7-9-15(10-8-14)16(18)20-6-3/h7-10H,4-6,11-13H2,1-3H3. The molecule has 4 heteroatoms. The van der Waals surface area contributed by atoms with Gasteiger partial charge >= 0.3 is 5.97 Å². The second-order valence-electron chi connectivity index (χ2n) is 4.50. The SMILES string of the molecule is CCOC(=O)c1ccc(COCCN(CC)CC)cc1. The van der Waals surface area contributed by atoms with Crippen LogP contribution in [0.25, 0.3) is 0 Å². The van der Waals surface area contributed by atoms with Crippen LogP contribution < -0.4 is 0 Å². The lowest BCUT2D eigenvalue weighted by atomic mass is 10.1. The largest absolute Gasteiger partial charge is 0.462 e. The Bertz CT molecular complexity index is 385. The zero-order chi connectivity index (χ0) is 14.8. The first-order valence-electron chi connectivity index (χ1n) is 7.27. The van der Waals surface area contributed by atoms with E-state index >= 15 is 0 Å². The molecule has 0 aliphatic heterocycles. The van der Waals surface area contributed by atoms with Crippen molar-refractivity contribution >= 4 is 5.97 Å². The molecule has 0 aliphatic rings. The molecule has 0 radical (unpaired) electrons. The van der Waals surface area contributed by atoms with Crippen LogP contribution in [-0.4, -0.2) is 43.7 Å². The molecule has 0 heterocycles. The van der Waals surface area contributed by atoms with E-state index < -0.39 is 0 Å². The average Bonchev–Trinajstić information content (AvgIpc) is 2.48. The first-order valence-corrected chi connectivity index (χ1v) is 7.27. The molecule has 20 heavy (non-hydrogen) atoms. The molecule has 0 saturated heterocycles. The molecule has 0 fully saturated rings. The van der Waals surface area contributed by atoms with Crippen molar-refractivity contribution in [1.82, 2.24) is 4.90 Å². The van der Waals surface area contributed by atoms with E-state index in [4.69, 9.17) is 9.47 Å². The number of rotatable bonds is 9. The summed E-state index contributed by atoms with van der Waals surface area (Å²) >= 11 is 0. The van der Waals surface area contributed by atoms with Gasteiger partial charge in [-0.15, -0.1) is 0 Å². The van der Waals surface area contributed by atoms with E-state index in [0.29, 0.717) is 18.8 Å². The number of likely N-dealkylation sites (N-methyl/N-ethyl adjacent to an activating group) is 1. The van der Waals surface area contributed by atoms with Gasteiger partial charge in [-0.05, 0) is 37.7 Å². The fourth-order valence-electron chi connectivity index (χ4n) is 1.87. The van der Waals surface area contributed by atoms with E-state index in [1.165, 1.54) is 0 Å². The predicted octanol–water partition coefficient (Wildman–Crippen LogP) is 2.72. The minimum Gasteiger partial charge on any atom is -0.462 e. The van der Waals surface area contributed by atoms with Crippen molar-refractivity contribution in [3.05, 3.63) is 35.4 Å². The van der Waals surface area contributed by atoms with E-state index in [1.807, 2.05) is 12.1 Å². The smallest absolute Gasteiger partial charge is 0.338 e. The summed E-state index contributed by atoms with van der Waals surface area (Å²) in [5, 5.41) is 0. The van der Waals surface area contributed by atoms with Gasteiger partial charge in [0, 0.05) is 6.54 Å². The summed E-state index contributed by atoms with van der Waals surface area (Å²) in [7, 11) is 0. The summed E-state index contributed by atoms with van der Waals surface area (Å²) < 4.78 is 10.6. The Hall–Kier alpha value is -1.39.